The number of halogens is 4. The van der Waals surface area contributed by atoms with Crippen LogP contribution in [0.4, 0.5) is 19.1 Å². The van der Waals surface area contributed by atoms with Crippen LogP contribution in [0.1, 0.15) is 18.4 Å². The highest BCUT2D eigenvalue weighted by Gasteiger charge is 2.31. The zero-order valence-corrected chi connectivity index (χ0v) is 15.1. The second-order valence-electron chi connectivity index (χ2n) is 6.58. The predicted molar refractivity (Wildman–Crippen MR) is 97.0 cm³/mol. The number of rotatable bonds is 2. The van der Waals surface area contributed by atoms with E-state index < -0.39 is 17.3 Å². The molecule has 0 radical (unpaired) electrons. The smallest absolute Gasteiger partial charge is 0.393 e. The van der Waals surface area contributed by atoms with Gasteiger partial charge in [0, 0.05) is 19.3 Å². The number of alkyl halides is 3. The van der Waals surface area contributed by atoms with Crippen LogP contribution in [0.25, 0.3) is 16.7 Å². The van der Waals surface area contributed by atoms with Crippen molar-refractivity contribution in [3.8, 4) is 5.69 Å². The van der Waals surface area contributed by atoms with Crippen LogP contribution >= 0.6 is 11.6 Å². The number of aromatic nitrogens is 4. The second kappa shape index (κ2) is 6.78. The van der Waals surface area contributed by atoms with E-state index in [0.29, 0.717) is 31.9 Å². The average Bonchev–Trinajstić information content (AvgIpc) is 3.06. The van der Waals surface area contributed by atoms with E-state index in [2.05, 4.69) is 15.1 Å². The molecule has 2 N–H and O–H groups in total. The number of anilines is 1. The van der Waals surface area contributed by atoms with Crippen LogP contribution in [-0.4, -0.2) is 44.0 Å². The first-order valence-corrected chi connectivity index (χ1v) is 8.90. The maximum atomic E-state index is 12.8. The van der Waals surface area contributed by atoms with Gasteiger partial charge in [0.05, 0.1) is 22.4 Å². The van der Waals surface area contributed by atoms with Gasteiger partial charge in [0.2, 0.25) is 5.95 Å². The molecule has 0 saturated carbocycles. The third-order valence-electron chi connectivity index (χ3n) is 4.66. The molecule has 1 aliphatic heterocycles. The van der Waals surface area contributed by atoms with Crippen molar-refractivity contribution in [2.75, 3.05) is 18.0 Å². The van der Waals surface area contributed by atoms with Crippen molar-refractivity contribution in [3.05, 3.63) is 45.3 Å². The summed E-state index contributed by atoms with van der Waals surface area (Å²) in [5.74, 6) is 0.341. The standard InChI is InChI=1S/C17H15ClF3N5O2/c18-12-7-9(17(19,20)21)1-2-13(12)26-8-11-14(24-26)22-16(23-15(11)28)25-5-3-10(27)4-6-25/h1-2,7-8,10,27H,3-6H2,(H,22,23,24,28). The Labute approximate surface area is 161 Å². The average molecular weight is 414 g/mol. The third kappa shape index (κ3) is 3.45. The van der Waals surface area contributed by atoms with E-state index in [0.717, 1.165) is 12.1 Å². The SMILES string of the molecule is O=c1[nH]c(N2CCC(O)CC2)nc2nn(-c3ccc(C(F)(F)F)cc3Cl)cc12. The molecule has 1 fully saturated rings. The maximum Gasteiger partial charge on any atom is 0.416 e. The van der Waals surface area contributed by atoms with Gasteiger partial charge < -0.3 is 10.0 Å². The number of benzene rings is 1. The lowest BCUT2D eigenvalue weighted by Crippen LogP contribution is -2.37. The van der Waals surface area contributed by atoms with Gasteiger partial charge in [-0.25, -0.2) is 4.68 Å². The zero-order chi connectivity index (χ0) is 20.1. The molecule has 1 aromatic carbocycles. The molecular weight excluding hydrogens is 399 g/mol. The molecule has 3 aromatic rings. The number of H-pyrrole nitrogens is 1. The highest BCUT2D eigenvalue weighted by molar-refractivity contribution is 6.32. The Morgan fingerprint density at radius 2 is 1.96 bits per heavy atom. The van der Waals surface area contributed by atoms with Crippen molar-refractivity contribution in [2.45, 2.75) is 25.1 Å². The zero-order valence-electron chi connectivity index (χ0n) is 14.4. The molecule has 28 heavy (non-hydrogen) atoms. The van der Waals surface area contributed by atoms with E-state index in [9.17, 15) is 23.1 Å². The number of hydrogen-bond acceptors (Lipinski definition) is 5. The summed E-state index contributed by atoms with van der Waals surface area (Å²) in [4.78, 5) is 21.3. The first kappa shape index (κ1) is 18.8. The molecule has 0 atom stereocenters. The Morgan fingerprint density at radius 1 is 1.25 bits per heavy atom. The van der Waals surface area contributed by atoms with Crippen molar-refractivity contribution < 1.29 is 18.3 Å². The number of nitrogens with one attached hydrogen (secondary N) is 1. The molecule has 148 valence electrons. The van der Waals surface area contributed by atoms with Crippen molar-refractivity contribution in [3.63, 3.8) is 0 Å². The fraction of sp³-hybridized carbons (Fsp3) is 0.353. The molecule has 1 saturated heterocycles. The number of fused-ring (bicyclic) bond motifs is 1. The van der Waals surface area contributed by atoms with Crippen LogP contribution < -0.4 is 10.5 Å². The first-order chi connectivity index (χ1) is 13.2. The Bertz CT molecular complexity index is 1090. The predicted octanol–water partition coefficient (Wildman–Crippen LogP) is 2.74. The number of aromatic amines is 1. The van der Waals surface area contributed by atoms with Gasteiger partial charge >= 0.3 is 6.18 Å². The Hall–Kier alpha value is -2.59. The molecular formula is C17H15ClF3N5O2. The van der Waals surface area contributed by atoms with E-state index >= 15 is 0 Å². The summed E-state index contributed by atoms with van der Waals surface area (Å²) in [7, 11) is 0. The molecule has 11 heteroatoms. The fourth-order valence-corrected chi connectivity index (χ4v) is 3.39. The van der Waals surface area contributed by atoms with Gasteiger partial charge in [-0.3, -0.25) is 9.78 Å². The summed E-state index contributed by atoms with van der Waals surface area (Å²) in [6, 6.07) is 2.90. The molecule has 0 bridgehead atoms. The van der Waals surface area contributed by atoms with Crippen LogP contribution in [0.5, 0.6) is 0 Å². The lowest BCUT2D eigenvalue weighted by Gasteiger charge is -2.29. The summed E-state index contributed by atoms with van der Waals surface area (Å²) in [6.07, 6.45) is -2.37. The Kier molecular flexibility index (Phi) is 4.54. The molecule has 0 amide bonds. The van der Waals surface area contributed by atoms with E-state index in [1.54, 1.807) is 0 Å². The van der Waals surface area contributed by atoms with Crippen LogP contribution in [0, 0.1) is 0 Å². The van der Waals surface area contributed by atoms with Gasteiger partial charge in [-0.1, -0.05) is 11.6 Å². The van der Waals surface area contributed by atoms with Gasteiger partial charge in [0.1, 0.15) is 5.39 Å². The minimum Gasteiger partial charge on any atom is -0.393 e. The van der Waals surface area contributed by atoms with E-state index in [4.69, 9.17) is 11.6 Å². The summed E-state index contributed by atoms with van der Waals surface area (Å²) < 4.78 is 39.7. The quantitative estimate of drug-likeness (QED) is 0.674. The van der Waals surface area contributed by atoms with Crippen molar-refractivity contribution >= 4 is 28.6 Å². The molecule has 1 aliphatic rings. The lowest BCUT2D eigenvalue weighted by atomic mass is 10.1. The first-order valence-electron chi connectivity index (χ1n) is 8.52. The van der Waals surface area contributed by atoms with Gasteiger partial charge in [-0.15, -0.1) is 5.10 Å². The van der Waals surface area contributed by atoms with Crippen LogP contribution in [-0.2, 0) is 6.18 Å². The number of hydrogen-bond donors (Lipinski definition) is 2. The van der Waals surface area contributed by atoms with Gasteiger partial charge in [-0.2, -0.15) is 18.2 Å². The molecule has 3 heterocycles. The Balaban J connectivity index is 1.72. The molecule has 2 aromatic heterocycles. The summed E-state index contributed by atoms with van der Waals surface area (Å²) in [6.45, 7) is 1.09. The molecule has 0 unspecified atom stereocenters. The highest BCUT2D eigenvalue weighted by atomic mass is 35.5. The van der Waals surface area contributed by atoms with Crippen molar-refractivity contribution in [1.29, 1.82) is 0 Å². The summed E-state index contributed by atoms with van der Waals surface area (Å²) in [5, 5.41) is 13.9. The van der Waals surface area contributed by atoms with Crippen molar-refractivity contribution in [1.82, 2.24) is 19.7 Å². The Morgan fingerprint density at radius 3 is 2.61 bits per heavy atom. The number of aliphatic hydroxyl groups is 1. The van der Waals surface area contributed by atoms with E-state index in [1.807, 2.05) is 4.90 Å². The highest BCUT2D eigenvalue weighted by Crippen LogP contribution is 2.33. The lowest BCUT2D eigenvalue weighted by molar-refractivity contribution is -0.137. The number of aliphatic hydroxyl groups excluding tert-OH is 1. The van der Waals surface area contributed by atoms with Gasteiger partial charge in [0.25, 0.3) is 5.56 Å². The number of nitrogens with zero attached hydrogens (tertiary/aromatic N) is 4. The summed E-state index contributed by atoms with van der Waals surface area (Å²) >= 11 is 6.00. The van der Waals surface area contributed by atoms with Crippen molar-refractivity contribution in [2.24, 2.45) is 0 Å². The normalized spacial score (nSPS) is 16.1. The van der Waals surface area contributed by atoms with Crippen LogP contribution in [0.3, 0.4) is 0 Å². The van der Waals surface area contributed by atoms with E-state index in [1.165, 1.54) is 16.9 Å². The molecule has 0 spiro atoms. The molecule has 4 rings (SSSR count). The number of piperidine rings is 1. The largest absolute Gasteiger partial charge is 0.416 e. The minimum absolute atomic E-state index is 0.149. The minimum atomic E-state index is -4.51. The van der Waals surface area contributed by atoms with E-state index in [-0.39, 0.29) is 27.8 Å². The summed E-state index contributed by atoms with van der Waals surface area (Å²) in [5.41, 5.74) is -0.931. The maximum absolute atomic E-state index is 12.8. The fourth-order valence-electron chi connectivity index (χ4n) is 3.12. The van der Waals surface area contributed by atoms with Gasteiger partial charge in [0.15, 0.2) is 5.65 Å². The third-order valence-corrected chi connectivity index (χ3v) is 4.97. The van der Waals surface area contributed by atoms with Crippen LogP contribution in [0.2, 0.25) is 5.02 Å². The molecule has 0 aliphatic carbocycles. The van der Waals surface area contributed by atoms with Crippen LogP contribution in [0.15, 0.2) is 29.2 Å². The molecule has 7 nitrogen and oxygen atoms in total. The van der Waals surface area contributed by atoms with Gasteiger partial charge in [-0.05, 0) is 31.0 Å². The monoisotopic (exact) mass is 413 g/mol. The second-order valence-corrected chi connectivity index (χ2v) is 6.99. The topological polar surface area (TPSA) is 87.0 Å².